The molecule has 0 radical (unpaired) electrons. The lowest BCUT2D eigenvalue weighted by atomic mass is 9.80. The summed E-state index contributed by atoms with van der Waals surface area (Å²) in [6.07, 6.45) is 14.0. The maximum Gasteiger partial charge on any atom is 0.307 e. The van der Waals surface area contributed by atoms with Gasteiger partial charge in [-0.25, -0.2) is 0 Å². The lowest BCUT2D eigenvalue weighted by Crippen LogP contribution is -2.21. The third-order valence-corrected chi connectivity index (χ3v) is 6.89. The van der Waals surface area contributed by atoms with Gasteiger partial charge in [-0.1, -0.05) is 48.9 Å². The number of rotatable bonds is 8. The van der Waals surface area contributed by atoms with Gasteiger partial charge in [-0.05, 0) is 74.3 Å². The molecule has 2 aliphatic carbocycles. The number of benzene rings is 1. The van der Waals surface area contributed by atoms with Crippen molar-refractivity contribution in [3.63, 3.8) is 0 Å². The van der Waals surface area contributed by atoms with E-state index in [2.05, 4.69) is 12.2 Å². The fourth-order valence-corrected chi connectivity index (χ4v) is 5.37. The van der Waals surface area contributed by atoms with E-state index in [1.807, 2.05) is 31.2 Å². The van der Waals surface area contributed by atoms with Gasteiger partial charge < -0.3 is 5.11 Å². The summed E-state index contributed by atoms with van der Waals surface area (Å²) in [6, 6.07) is 7.68. The third kappa shape index (κ3) is 4.11. The first-order valence-electron chi connectivity index (χ1n) is 9.67. The van der Waals surface area contributed by atoms with Gasteiger partial charge in [0, 0.05) is 10.9 Å². The summed E-state index contributed by atoms with van der Waals surface area (Å²) in [5, 5.41) is 10.3. The zero-order chi connectivity index (χ0) is 17.9. The van der Waals surface area contributed by atoms with E-state index in [0.717, 1.165) is 24.3 Å². The second kappa shape index (κ2) is 7.95. The molecule has 2 unspecified atom stereocenters. The van der Waals surface area contributed by atoms with Crippen LogP contribution < -0.4 is 0 Å². The Morgan fingerprint density at radius 1 is 1.32 bits per heavy atom. The van der Waals surface area contributed by atoms with E-state index in [9.17, 15) is 9.90 Å². The Balaban J connectivity index is 1.70. The second-order valence-electron chi connectivity index (χ2n) is 8.04. The molecule has 1 aromatic carbocycles. The van der Waals surface area contributed by atoms with Crippen LogP contribution >= 0.6 is 11.6 Å². The van der Waals surface area contributed by atoms with E-state index in [0.29, 0.717) is 16.9 Å². The first kappa shape index (κ1) is 18.5. The lowest BCUT2D eigenvalue weighted by molar-refractivity contribution is -0.142. The molecule has 1 aromatic rings. The van der Waals surface area contributed by atoms with Crippen LogP contribution in [0.2, 0.25) is 5.02 Å². The standard InChI is InChI=1S/C22H29ClO2/c1-2-17(21(24)25)18(19-8-3-4-9-20(19)23)7-5-6-12-22-13-10-16(15-22)11-14-22/h3-6,8-9,16-18H,2,7,10-15H2,1H3,(H,24,25). The number of fused-ring (bicyclic) bond motifs is 2. The smallest absolute Gasteiger partial charge is 0.307 e. The predicted octanol–water partition coefficient (Wildman–Crippen LogP) is 6.45. The summed E-state index contributed by atoms with van der Waals surface area (Å²) >= 11 is 6.37. The molecule has 2 aliphatic rings. The zero-order valence-corrected chi connectivity index (χ0v) is 15.8. The monoisotopic (exact) mass is 360 g/mol. The molecular weight excluding hydrogens is 332 g/mol. The maximum atomic E-state index is 11.7. The first-order chi connectivity index (χ1) is 12.0. The number of allylic oxidation sites excluding steroid dienone is 2. The Kier molecular flexibility index (Phi) is 5.89. The van der Waals surface area contributed by atoms with Crippen molar-refractivity contribution in [1.29, 1.82) is 0 Å². The highest BCUT2D eigenvalue weighted by Crippen LogP contribution is 2.56. The molecule has 1 N–H and O–H groups in total. The molecular formula is C22H29ClO2. The van der Waals surface area contributed by atoms with Crippen molar-refractivity contribution >= 4 is 17.6 Å². The maximum absolute atomic E-state index is 11.7. The second-order valence-corrected chi connectivity index (χ2v) is 8.45. The zero-order valence-electron chi connectivity index (χ0n) is 15.1. The van der Waals surface area contributed by atoms with Crippen LogP contribution in [-0.4, -0.2) is 11.1 Å². The summed E-state index contributed by atoms with van der Waals surface area (Å²) in [5.41, 5.74) is 1.51. The van der Waals surface area contributed by atoms with Gasteiger partial charge in [-0.3, -0.25) is 4.79 Å². The fourth-order valence-electron chi connectivity index (χ4n) is 5.09. The van der Waals surface area contributed by atoms with Crippen molar-refractivity contribution < 1.29 is 9.90 Å². The minimum atomic E-state index is -0.728. The van der Waals surface area contributed by atoms with Crippen molar-refractivity contribution in [2.24, 2.45) is 17.3 Å². The summed E-state index contributed by atoms with van der Waals surface area (Å²) in [7, 11) is 0. The molecule has 0 heterocycles. The van der Waals surface area contributed by atoms with E-state index in [1.165, 1.54) is 32.1 Å². The minimum Gasteiger partial charge on any atom is -0.481 e. The van der Waals surface area contributed by atoms with Crippen LogP contribution in [0.3, 0.4) is 0 Å². The summed E-state index contributed by atoms with van der Waals surface area (Å²) in [6.45, 7) is 1.95. The van der Waals surface area contributed by atoms with Crippen LogP contribution in [0.1, 0.15) is 69.8 Å². The highest BCUT2D eigenvalue weighted by atomic mass is 35.5. The quantitative estimate of drug-likeness (QED) is 0.541. The normalized spacial score (nSPS) is 27.7. The van der Waals surface area contributed by atoms with Crippen LogP contribution in [0.25, 0.3) is 0 Å². The molecule has 0 spiro atoms. The van der Waals surface area contributed by atoms with Crippen molar-refractivity contribution in [3.8, 4) is 0 Å². The van der Waals surface area contributed by atoms with Crippen molar-refractivity contribution in [2.45, 2.75) is 64.2 Å². The predicted molar refractivity (Wildman–Crippen MR) is 103 cm³/mol. The van der Waals surface area contributed by atoms with Crippen LogP contribution in [0.5, 0.6) is 0 Å². The van der Waals surface area contributed by atoms with Gasteiger partial charge in [-0.15, -0.1) is 0 Å². The Bertz CT molecular complexity index is 629. The molecule has 25 heavy (non-hydrogen) atoms. The Hall–Kier alpha value is -1.28. The van der Waals surface area contributed by atoms with Crippen molar-refractivity contribution in [3.05, 3.63) is 47.0 Å². The van der Waals surface area contributed by atoms with Gasteiger partial charge in [0.1, 0.15) is 0 Å². The lowest BCUT2D eigenvalue weighted by Gasteiger charge is -2.25. The van der Waals surface area contributed by atoms with Gasteiger partial charge in [0.25, 0.3) is 0 Å². The molecule has 2 atom stereocenters. The van der Waals surface area contributed by atoms with Gasteiger partial charge >= 0.3 is 5.97 Å². The van der Waals surface area contributed by atoms with Gasteiger partial charge in [-0.2, -0.15) is 0 Å². The van der Waals surface area contributed by atoms with E-state index in [4.69, 9.17) is 11.6 Å². The van der Waals surface area contributed by atoms with Crippen molar-refractivity contribution in [2.75, 3.05) is 0 Å². The number of aliphatic carboxylic acids is 1. The number of hydrogen-bond donors (Lipinski definition) is 1. The summed E-state index contributed by atoms with van der Waals surface area (Å²) < 4.78 is 0. The van der Waals surface area contributed by atoms with Gasteiger partial charge in [0.05, 0.1) is 5.92 Å². The number of hydrogen-bond acceptors (Lipinski definition) is 1. The molecule has 0 amide bonds. The minimum absolute atomic E-state index is 0.0649. The van der Waals surface area contributed by atoms with Crippen LogP contribution in [-0.2, 0) is 4.79 Å². The van der Waals surface area contributed by atoms with E-state index < -0.39 is 11.9 Å². The topological polar surface area (TPSA) is 37.3 Å². The van der Waals surface area contributed by atoms with Gasteiger partial charge in [0.15, 0.2) is 0 Å². The van der Waals surface area contributed by atoms with E-state index >= 15 is 0 Å². The first-order valence-corrected chi connectivity index (χ1v) is 10.0. The highest BCUT2D eigenvalue weighted by Gasteiger charge is 2.43. The van der Waals surface area contributed by atoms with Crippen LogP contribution in [0.15, 0.2) is 36.4 Å². The fraction of sp³-hybridized carbons (Fsp3) is 0.591. The molecule has 2 fully saturated rings. The molecule has 0 saturated heterocycles. The van der Waals surface area contributed by atoms with Gasteiger partial charge in [0.2, 0.25) is 0 Å². The summed E-state index contributed by atoms with van der Waals surface area (Å²) in [4.78, 5) is 11.7. The number of carboxylic acid groups (broad SMARTS) is 1. The molecule has 0 aliphatic heterocycles. The Morgan fingerprint density at radius 2 is 2.04 bits per heavy atom. The molecule has 3 rings (SSSR count). The molecule has 0 aromatic heterocycles. The SMILES string of the molecule is CCC(C(=O)O)C(CC=CCC12CCC(CC1)C2)c1ccccc1Cl. The molecule has 2 nitrogen and oxygen atoms in total. The third-order valence-electron chi connectivity index (χ3n) is 6.54. The number of halogens is 1. The van der Waals surface area contributed by atoms with Crippen molar-refractivity contribution in [1.82, 2.24) is 0 Å². The average Bonchev–Trinajstić information content (AvgIpc) is 3.19. The molecule has 2 saturated carbocycles. The van der Waals surface area contributed by atoms with Crippen LogP contribution in [0.4, 0.5) is 0 Å². The largest absolute Gasteiger partial charge is 0.481 e. The molecule has 136 valence electrons. The molecule has 3 heteroatoms. The van der Waals surface area contributed by atoms with E-state index in [-0.39, 0.29) is 5.92 Å². The Morgan fingerprint density at radius 3 is 2.60 bits per heavy atom. The Labute approximate surface area is 156 Å². The average molecular weight is 361 g/mol. The van der Waals surface area contributed by atoms with E-state index in [1.54, 1.807) is 0 Å². The highest BCUT2D eigenvalue weighted by molar-refractivity contribution is 6.31. The van der Waals surface area contributed by atoms with Crippen LogP contribution in [0, 0.1) is 17.3 Å². The molecule has 2 bridgehead atoms. The number of carbonyl (C=O) groups is 1. The number of carboxylic acids is 1. The summed E-state index contributed by atoms with van der Waals surface area (Å²) in [5.74, 6) is -0.218.